The van der Waals surface area contributed by atoms with Crippen molar-refractivity contribution >= 4 is 46.5 Å². The van der Waals surface area contributed by atoms with Gasteiger partial charge in [0.05, 0.1) is 24.1 Å². The van der Waals surface area contributed by atoms with Crippen molar-refractivity contribution in [1.29, 1.82) is 0 Å². The third-order valence-electron chi connectivity index (χ3n) is 3.31. The van der Waals surface area contributed by atoms with E-state index in [0.29, 0.717) is 21.4 Å². The molecule has 1 aliphatic rings. The number of halogens is 1. The molecule has 0 aromatic heterocycles. The first-order valence-corrected chi connectivity index (χ1v) is 8.32. The van der Waals surface area contributed by atoms with Crippen molar-refractivity contribution in [1.82, 2.24) is 4.90 Å². The Kier molecular flexibility index (Phi) is 6.33. The Bertz CT molecular complexity index is 763. The molecule has 0 N–H and O–H groups in total. The molecule has 0 bridgehead atoms. The molecule has 134 valence electrons. The SMILES string of the molecule is CN=C1S/C(=C\c2cc(Cl)c(OCC(=O)OC)c(OC)c2)C(=O)N1C. The lowest BCUT2D eigenvalue weighted by Crippen LogP contribution is -2.23. The summed E-state index contributed by atoms with van der Waals surface area (Å²) >= 11 is 7.51. The van der Waals surface area contributed by atoms with Gasteiger partial charge >= 0.3 is 5.97 Å². The van der Waals surface area contributed by atoms with Crippen LogP contribution in [-0.2, 0) is 14.3 Å². The Morgan fingerprint density at radius 3 is 2.68 bits per heavy atom. The van der Waals surface area contributed by atoms with Gasteiger partial charge in [0.2, 0.25) is 0 Å². The minimum atomic E-state index is -0.535. The summed E-state index contributed by atoms with van der Waals surface area (Å²) in [5.41, 5.74) is 0.661. The highest BCUT2D eigenvalue weighted by atomic mass is 35.5. The highest BCUT2D eigenvalue weighted by molar-refractivity contribution is 8.18. The molecule has 1 heterocycles. The zero-order valence-electron chi connectivity index (χ0n) is 14.2. The summed E-state index contributed by atoms with van der Waals surface area (Å²) in [6.07, 6.45) is 1.69. The second-order valence-electron chi connectivity index (χ2n) is 4.88. The molecule has 1 aliphatic heterocycles. The maximum absolute atomic E-state index is 12.2. The Labute approximate surface area is 154 Å². The molecule has 1 aromatic carbocycles. The maximum Gasteiger partial charge on any atom is 0.343 e. The fraction of sp³-hybridized carbons (Fsp3) is 0.312. The van der Waals surface area contributed by atoms with Crippen molar-refractivity contribution in [3.8, 4) is 11.5 Å². The van der Waals surface area contributed by atoms with E-state index in [-0.39, 0.29) is 23.3 Å². The summed E-state index contributed by atoms with van der Waals surface area (Å²) in [6.45, 7) is -0.289. The van der Waals surface area contributed by atoms with Gasteiger partial charge in [0.25, 0.3) is 5.91 Å². The molecule has 0 unspecified atom stereocenters. The van der Waals surface area contributed by atoms with Gasteiger partial charge in [0, 0.05) is 14.1 Å². The van der Waals surface area contributed by atoms with Crippen LogP contribution in [0.1, 0.15) is 5.56 Å². The highest BCUT2D eigenvalue weighted by Gasteiger charge is 2.29. The molecule has 9 heteroatoms. The van der Waals surface area contributed by atoms with Crippen molar-refractivity contribution < 1.29 is 23.8 Å². The Morgan fingerprint density at radius 2 is 2.12 bits per heavy atom. The van der Waals surface area contributed by atoms with Crippen LogP contribution in [0.5, 0.6) is 11.5 Å². The number of benzene rings is 1. The lowest BCUT2D eigenvalue weighted by atomic mass is 10.2. The second kappa shape index (κ2) is 8.26. The lowest BCUT2D eigenvalue weighted by Gasteiger charge is -2.12. The van der Waals surface area contributed by atoms with Gasteiger partial charge in [-0.25, -0.2) is 4.79 Å². The van der Waals surface area contributed by atoms with Crippen LogP contribution in [0.15, 0.2) is 22.0 Å². The number of hydrogen-bond donors (Lipinski definition) is 0. The molecular formula is C16H17ClN2O5S. The number of thioether (sulfide) groups is 1. The molecule has 0 spiro atoms. The first kappa shape index (κ1) is 19.1. The third-order valence-corrected chi connectivity index (χ3v) is 4.74. The Balaban J connectivity index is 2.32. The van der Waals surface area contributed by atoms with E-state index in [1.165, 1.54) is 30.9 Å². The number of hydrogen-bond acceptors (Lipinski definition) is 7. The predicted molar refractivity (Wildman–Crippen MR) is 97.2 cm³/mol. The fourth-order valence-corrected chi connectivity index (χ4v) is 3.25. The lowest BCUT2D eigenvalue weighted by molar-refractivity contribution is -0.142. The summed E-state index contributed by atoms with van der Waals surface area (Å²) in [6, 6.07) is 3.29. The molecule has 25 heavy (non-hydrogen) atoms. The molecule has 0 aliphatic carbocycles. The zero-order valence-corrected chi connectivity index (χ0v) is 15.7. The number of amidine groups is 1. The van der Waals surface area contributed by atoms with Crippen molar-refractivity contribution in [2.75, 3.05) is 34.9 Å². The van der Waals surface area contributed by atoms with Crippen molar-refractivity contribution in [2.24, 2.45) is 4.99 Å². The van der Waals surface area contributed by atoms with E-state index in [4.69, 9.17) is 21.1 Å². The predicted octanol–water partition coefficient (Wildman–Crippen LogP) is 2.43. The fourth-order valence-electron chi connectivity index (χ4n) is 2.05. The number of likely N-dealkylation sites (N-methyl/N-ethyl adjacent to an activating group) is 1. The van der Waals surface area contributed by atoms with Crippen molar-refractivity contribution in [3.63, 3.8) is 0 Å². The van der Waals surface area contributed by atoms with Gasteiger partial charge in [-0.2, -0.15) is 0 Å². The van der Waals surface area contributed by atoms with Crippen LogP contribution < -0.4 is 9.47 Å². The number of amides is 1. The molecule has 1 amide bonds. The van der Waals surface area contributed by atoms with E-state index < -0.39 is 5.97 Å². The van der Waals surface area contributed by atoms with E-state index in [0.717, 1.165) is 0 Å². The average molecular weight is 385 g/mol. The van der Waals surface area contributed by atoms with E-state index in [1.54, 1.807) is 32.3 Å². The number of aliphatic imine (C=N–C) groups is 1. The molecule has 1 aromatic rings. The Hall–Kier alpha value is -2.19. The van der Waals surface area contributed by atoms with Gasteiger partial charge in [-0.05, 0) is 35.5 Å². The van der Waals surface area contributed by atoms with Crippen LogP contribution in [0, 0.1) is 0 Å². The number of nitrogens with zero attached hydrogens (tertiary/aromatic N) is 2. The smallest absolute Gasteiger partial charge is 0.343 e. The summed E-state index contributed by atoms with van der Waals surface area (Å²) in [5, 5.41) is 0.871. The van der Waals surface area contributed by atoms with Gasteiger partial charge in [0.15, 0.2) is 23.3 Å². The topological polar surface area (TPSA) is 77.4 Å². The molecule has 1 saturated heterocycles. The second-order valence-corrected chi connectivity index (χ2v) is 6.30. The monoisotopic (exact) mass is 384 g/mol. The summed E-state index contributed by atoms with van der Waals surface area (Å²) < 4.78 is 15.2. The van der Waals surface area contributed by atoms with Crippen LogP contribution in [0.25, 0.3) is 6.08 Å². The molecule has 0 radical (unpaired) electrons. The van der Waals surface area contributed by atoms with Crippen molar-refractivity contribution in [2.45, 2.75) is 0 Å². The first-order valence-electron chi connectivity index (χ1n) is 7.12. The Morgan fingerprint density at radius 1 is 1.40 bits per heavy atom. The largest absolute Gasteiger partial charge is 0.493 e. The first-order chi connectivity index (χ1) is 11.9. The van der Waals surface area contributed by atoms with Crippen LogP contribution >= 0.6 is 23.4 Å². The summed E-state index contributed by atoms with van der Waals surface area (Å²) in [5.74, 6) is -0.107. The number of rotatable bonds is 5. The molecule has 2 rings (SSSR count). The summed E-state index contributed by atoms with van der Waals surface area (Å²) in [7, 11) is 6.01. The van der Waals surface area contributed by atoms with Gasteiger partial charge in [-0.3, -0.25) is 14.7 Å². The third kappa shape index (κ3) is 4.26. The molecule has 0 saturated carbocycles. The number of carbonyl (C=O) groups is 2. The van der Waals surface area contributed by atoms with E-state index in [2.05, 4.69) is 9.73 Å². The zero-order chi connectivity index (χ0) is 18.6. The number of methoxy groups -OCH3 is 2. The van der Waals surface area contributed by atoms with Gasteiger partial charge in [0.1, 0.15) is 0 Å². The van der Waals surface area contributed by atoms with Crippen molar-refractivity contribution in [3.05, 3.63) is 27.6 Å². The molecule has 1 fully saturated rings. The number of esters is 1. The molecule has 0 atom stereocenters. The van der Waals surface area contributed by atoms with E-state index in [1.807, 2.05) is 0 Å². The van der Waals surface area contributed by atoms with Crippen LogP contribution in [0.2, 0.25) is 5.02 Å². The quantitative estimate of drug-likeness (QED) is 0.573. The average Bonchev–Trinajstić information content (AvgIpc) is 2.87. The van der Waals surface area contributed by atoms with E-state index >= 15 is 0 Å². The van der Waals surface area contributed by atoms with E-state index in [9.17, 15) is 9.59 Å². The van der Waals surface area contributed by atoms with Crippen LogP contribution in [0.4, 0.5) is 0 Å². The summed E-state index contributed by atoms with van der Waals surface area (Å²) in [4.78, 5) is 29.5. The van der Waals surface area contributed by atoms with Crippen LogP contribution in [-0.4, -0.2) is 56.9 Å². The van der Waals surface area contributed by atoms with Gasteiger partial charge in [-0.15, -0.1) is 0 Å². The molecular weight excluding hydrogens is 368 g/mol. The van der Waals surface area contributed by atoms with Gasteiger partial charge in [-0.1, -0.05) is 11.6 Å². The molecule has 7 nitrogen and oxygen atoms in total. The normalized spacial score (nSPS) is 17.3. The van der Waals surface area contributed by atoms with Crippen LogP contribution in [0.3, 0.4) is 0 Å². The van der Waals surface area contributed by atoms with Gasteiger partial charge < -0.3 is 14.2 Å². The standard InChI is InChI=1S/C16H17ClN2O5S/c1-18-16-19(2)15(21)12(25-16)7-9-5-10(17)14(11(6-9)22-3)24-8-13(20)23-4/h5-7H,8H2,1-4H3/b12-7-,18-16?. The number of ether oxygens (including phenoxy) is 3. The highest BCUT2D eigenvalue weighted by Crippen LogP contribution is 2.38. The minimum Gasteiger partial charge on any atom is -0.493 e. The maximum atomic E-state index is 12.2. The minimum absolute atomic E-state index is 0.147. The number of carbonyl (C=O) groups excluding carboxylic acids is 2.